The fraction of sp³-hybridized carbons (Fsp3) is 0.474. The summed E-state index contributed by atoms with van der Waals surface area (Å²) < 4.78 is 0. The van der Waals surface area contributed by atoms with Crippen molar-refractivity contribution in [3.63, 3.8) is 0 Å². The molecule has 0 saturated carbocycles. The van der Waals surface area contributed by atoms with Gasteiger partial charge in [-0.25, -0.2) is 0 Å². The zero-order valence-electron chi connectivity index (χ0n) is 17.1. The molecule has 0 spiro atoms. The third-order valence-corrected chi connectivity index (χ3v) is 3.08. The highest BCUT2D eigenvalue weighted by molar-refractivity contribution is 5.92. The average molecular weight is 396 g/mol. The molecule has 7 N–H and O–H groups in total. The molecule has 1 unspecified atom stereocenters. The second kappa shape index (κ2) is 17.6. The van der Waals surface area contributed by atoms with E-state index in [2.05, 4.69) is 21.7 Å². The zero-order chi connectivity index (χ0) is 21.9. The van der Waals surface area contributed by atoms with Gasteiger partial charge in [-0.05, 0) is 19.5 Å². The van der Waals surface area contributed by atoms with Gasteiger partial charge in [0.1, 0.15) is 11.8 Å². The van der Waals surface area contributed by atoms with Crippen LogP contribution in [0.15, 0.2) is 30.3 Å². The number of carbonyl (C=O) groups excluding carboxylic acids is 4. The lowest BCUT2D eigenvalue weighted by Gasteiger charge is -2.18. The highest BCUT2D eigenvalue weighted by atomic mass is 16.2. The van der Waals surface area contributed by atoms with Crippen LogP contribution >= 0.6 is 0 Å². The fourth-order valence-electron chi connectivity index (χ4n) is 1.89. The van der Waals surface area contributed by atoms with E-state index in [9.17, 15) is 19.2 Å². The SMILES string of the molecule is CC.CC(=O)CNC(=O)C(Cc1ccccc1)NC(=O)CNC(=O)CN.CN. The molecule has 0 aromatic heterocycles. The number of ketones is 1. The first-order valence-corrected chi connectivity index (χ1v) is 9.07. The van der Waals surface area contributed by atoms with E-state index in [0.29, 0.717) is 0 Å². The molecule has 0 fully saturated rings. The monoisotopic (exact) mass is 395 g/mol. The first-order chi connectivity index (χ1) is 13.4. The Kier molecular flexibility index (Phi) is 17.3. The summed E-state index contributed by atoms with van der Waals surface area (Å²) in [5.41, 5.74) is 10.5. The second-order valence-electron chi connectivity index (χ2n) is 5.21. The van der Waals surface area contributed by atoms with Crippen LogP contribution in [0.25, 0.3) is 0 Å². The highest BCUT2D eigenvalue weighted by Crippen LogP contribution is 2.03. The third-order valence-electron chi connectivity index (χ3n) is 3.08. The molecule has 0 aliphatic carbocycles. The quantitative estimate of drug-likeness (QED) is 0.364. The Morgan fingerprint density at radius 1 is 0.929 bits per heavy atom. The van der Waals surface area contributed by atoms with Gasteiger partial charge in [-0.3, -0.25) is 19.2 Å². The minimum Gasteiger partial charge on any atom is -0.347 e. The molecule has 0 aliphatic rings. The summed E-state index contributed by atoms with van der Waals surface area (Å²) in [5.74, 6) is -1.64. The van der Waals surface area contributed by atoms with E-state index in [1.165, 1.54) is 14.0 Å². The number of nitrogens with two attached hydrogens (primary N) is 2. The van der Waals surface area contributed by atoms with Crippen molar-refractivity contribution in [1.82, 2.24) is 16.0 Å². The summed E-state index contributed by atoms with van der Waals surface area (Å²) in [6.45, 7) is 4.75. The van der Waals surface area contributed by atoms with E-state index in [1.54, 1.807) is 0 Å². The maximum absolute atomic E-state index is 12.2. The largest absolute Gasteiger partial charge is 0.347 e. The Morgan fingerprint density at radius 2 is 1.50 bits per heavy atom. The van der Waals surface area contributed by atoms with Crippen molar-refractivity contribution in [2.24, 2.45) is 11.5 Å². The maximum atomic E-state index is 12.2. The molecule has 0 saturated heterocycles. The summed E-state index contributed by atoms with van der Waals surface area (Å²) in [5, 5.41) is 7.35. The number of hydrogen-bond acceptors (Lipinski definition) is 6. The topological polar surface area (TPSA) is 156 Å². The predicted octanol–water partition coefficient (Wildman–Crippen LogP) is -0.905. The lowest BCUT2D eigenvalue weighted by molar-refractivity contribution is -0.130. The summed E-state index contributed by atoms with van der Waals surface area (Å²) in [6, 6.07) is 8.29. The van der Waals surface area contributed by atoms with Crippen LogP contribution in [0.2, 0.25) is 0 Å². The van der Waals surface area contributed by atoms with Crippen LogP contribution in [-0.4, -0.2) is 56.2 Å². The number of benzene rings is 1. The molecule has 1 aromatic carbocycles. The number of amides is 3. The molecule has 0 aliphatic heterocycles. The first-order valence-electron chi connectivity index (χ1n) is 9.07. The Morgan fingerprint density at radius 3 is 2.00 bits per heavy atom. The van der Waals surface area contributed by atoms with Crippen LogP contribution in [0.5, 0.6) is 0 Å². The van der Waals surface area contributed by atoms with Crippen LogP contribution in [0.4, 0.5) is 0 Å². The third kappa shape index (κ3) is 13.4. The Labute approximate surface area is 166 Å². The zero-order valence-corrected chi connectivity index (χ0v) is 17.1. The average Bonchev–Trinajstić information content (AvgIpc) is 2.73. The number of nitrogens with one attached hydrogen (secondary N) is 3. The molecular weight excluding hydrogens is 362 g/mol. The maximum Gasteiger partial charge on any atom is 0.243 e. The van der Waals surface area contributed by atoms with Crippen LogP contribution in [-0.2, 0) is 25.6 Å². The minimum absolute atomic E-state index is 0.107. The van der Waals surface area contributed by atoms with Crippen molar-refractivity contribution < 1.29 is 19.2 Å². The van der Waals surface area contributed by atoms with Crippen LogP contribution < -0.4 is 27.4 Å². The number of carbonyl (C=O) groups is 4. The van der Waals surface area contributed by atoms with Gasteiger partial charge in [-0.15, -0.1) is 0 Å². The molecular formula is C19H33N5O4. The van der Waals surface area contributed by atoms with E-state index in [0.717, 1.165) is 5.56 Å². The second-order valence-corrected chi connectivity index (χ2v) is 5.21. The molecule has 1 aromatic rings. The van der Waals surface area contributed by atoms with Gasteiger partial charge >= 0.3 is 0 Å². The van der Waals surface area contributed by atoms with Crippen LogP contribution in [0.1, 0.15) is 26.3 Å². The number of Topliss-reactive ketones (excluding diaryl/α,β-unsaturated/α-hetero) is 1. The van der Waals surface area contributed by atoms with Crippen molar-refractivity contribution in [3.8, 4) is 0 Å². The van der Waals surface area contributed by atoms with Crippen molar-refractivity contribution >= 4 is 23.5 Å². The summed E-state index contributed by atoms with van der Waals surface area (Å²) >= 11 is 0. The van der Waals surface area contributed by atoms with E-state index in [1.807, 2.05) is 44.2 Å². The van der Waals surface area contributed by atoms with Crippen molar-refractivity contribution in [3.05, 3.63) is 35.9 Å². The van der Waals surface area contributed by atoms with Gasteiger partial charge in [0.2, 0.25) is 17.7 Å². The van der Waals surface area contributed by atoms with Crippen LogP contribution in [0.3, 0.4) is 0 Å². The Hall–Kier alpha value is -2.78. The molecule has 0 heterocycles. The predicted molar refractivity (Wildman–Crippen MR) is 109 cm³/mol. The van der Waals surface area contributed by atoms with Crippen LogP contribution in [0, 0.1) is 0 Å². The summed E-state index contributed by atoms with van der Waals surface area (Å²) in [7, 11) is 1.50. The molecule has 9 nitrogen and oxygen atoms in total. The van der Waals surface area contributed by atoms with Gasteiger partial charge in [0.25, 0.3) is 0 Å². The number of hydrogen-bond donors (Lipinski definition) is 5. The lowest BCUT2D eigenvalue weighted by Crippen LogP contribution is -2.51. The lowest BCUT2D eigenvalue weighted by atomic mass is 10.1. The van der Waals surface area contributed by atoms with E-state index < -0.39 is 23.8 Å². The van der Waals surface area contributed by atoms with Gasteiger partial charge in [0.15, 0.2) is 0 Å². The first kappa shape index (κ1) is 27.4. The smallest absolute Gasteiger partial charge is 0.243 e. The van der Waals surface area contributed by atoms with E-state index in [-0.39, 0.29) is 31.8 Å². The van der Waals surface area contributed by atoms with E-state index in [4.69, 9.17) is 5.73 Å². The normalized spacial score (nSPS) is 10.1. The molecule has 0 radical (unpaired) electrons. The molecule has 3 amide bonds. The molecule has 1 atom stereocenters. The highest BCUT2D eigenvalue weighted by Gasteiger charge is 2.21. The summed E-state index contributed by atoms with van der Waals surface area (Å²) in [6.07, 6.45) is 0.265. The molecule has 9 heteroatoms. The molecule has 1 rings (SSSR count). The van der Waals surface area contributed by atoms with Crippen molar-refractivity contribution in [2.45, 2.75) is 33.2 Å². The fourth-order valence-corrected chi connectivity index (χ4v) is 1.89. The Balaban J connectivity index is 0. The summed E-state index contributed by atoms with van der Waals surface area (Å²) in [4.78, 5) is 46.2. The standard InChI is InChI=1S/C16H22N4O4.C2H6.CH5N/c1-11(21)9-19-16(24)13(7-12-5-3-2-4-6-12)20-15(23)10-18-14(22)8-17;2*1-2/h2-6,13H,7-10,17H2,1H3,(H,18,22)(H,19,24)(H,20,23);1-2H3;2H2,1H3. The molecule has 0 bridgehead atoms. The molecule has 158 valence electrons. The Bertz CT molecular complexity index is 593. The molecule has 28 heavy (non-hydrogen) atoms. The van der Waals surface area contributed by atoms with E-state index >= 15 is 0 Å². The van der Waals surface area contributed by atoms with Gasteiger partial charge in [0, 0.05) is 6.42 Å². The van der Waals surface area contributed by atoms with Crippen molar-refractivity contribution in [1.29, 1.82) is 0 Å². The minimum atomic E-state index is -0.853. The van der Waals surface area contributed by atoms with Gasteiger partial charge in [0.05, 0.1) is 19.6 Å². The van der Waals surface area contributed by atoms with Gasteiger partial charge < -0.3 is 27.4 Å². The van der Waals surface area contributed by atoms with Gasteiger partial charge in [-0.2, -0.15) is 0 Å². The van der Waals surface area contributed by atoms with Crippen molar-refractivity contribution in [2.75, 3.05) is 26.7 Å². The van der Waals surface area contributed by atoms with Gasteiger partial charge in [-0.1, -0.05) is 44.2 Å². The number of rotatable bonds is 9.